The fraction of sp³-hybridized carbons (Fsp3) is 0.778. The van der Waals surface area contributed by atoms with Crippen LogP contribution in [0.25, 0.3) is 0 Å². The average Bonchev–Trinajstić information content (AvgIpc) is 2.17. The van der Waals surface area contributed by atoms with E-state index in [2.05, 4.69) is 6.08 Å². The van der Waals surface area contributed by atoms with Crippen LogP contribution in [0, 0.1) is 5.92 Å². The molecule has 2 rings (SSSR count). The van der Waals surface area contributed by atoms with Crippen LogP contribution in [0.5, 0.6) is 0 Å². The minimum absolute atomic E-state index is 0.0775. The second kappa shape index (κ2) is 3.56. The van der Waals surface area contributed by atoms with Crippen molar-refractivity contribution in [3.8, 4) is 0 Å². The standard InChI is InChI=1S/C9H14O3/c10-6-7-2-1-3-8-9(7)12-5-4-11-8/h1-2,7-10H,3-6H2. The van der Waals surface area contributed by atoms with Gasteiger partial charge in [-0.05, 0) is 6.42 Å². The van der Waals surface area contributed by atoms with E-state index in [0.29, 0.717) is 13.2 Å². The van der Waals surface area contributed by atoms with E-state index >= 15 is 0 Å². The van der Waals surface area contributed by atoms with E-state index < -0.39 is 0 Å². The van der Waals surface area contributed by atoms with Crippen molar-refractivity contribution in [3.63, 3.8) is 0 Å². The molecule has 0 saturated carbocycles. The highest BCUT2D eigenvalue weighted by Gasteiger charge is 2.33. The van der Waals surface area contributed by atoms with Gasteiger partial charge in [-0.15, -0.1) is 0 Å². The van der Waals surface area contributed by atoms with Gasteiger partial charge in [-0.25, -0.2) is 0 Å². The molecule has 68 valence electrons. The van der Waals surface area contributed by atoms with Crippen molar-refractivity contribution in [1.29, 1.82) is 0 Å². The Labute approximate surface area is 72.0 Å². The van der Waals surface area contributed by atoms with Gasteiger partial charge in [0.1, 0.15) is 0 Å². The summed E-state index contributed by atoms with van der Waals surface area (Å²) in [7, 11) is 0. The van der Waals surface area contributed by atoms with Crippen LogP contribution in [0.2, 0.25) is 0 Å². The van der Waals surface area contributed by atoms with Gasteiger partial charge in [-0.1, -0.05) is 12.2 Å². The summed E-state index contributed by atoms with van der Waals surface area (Å²) in [6, 6.07) is 0. The number of rotatable bonds is 1. The largest absolute Gasteiger partial charge is 0.396 e. The summed E-state index contributed by atoms with van der Waals surface area (Å²) in [5.74, 6) is 0.129. The van der Waals surface area contributed by atoms with Crippen molar-refractivity contribution >= 4 is 0 Å². The Morgan fingerprint density at radius 1 is 1.33 bits per heavy atom. The molecule has 0 amide bonds. The molecular formula is C9H14O3. The Balaban J connectivity index is 2.07. The first kappa shape index (κ1) is 8.23. The van der Waals surface area contributed by atoms with E-state index in [-0.39, 0.29) is 24.7 Å². The van der Waals surface area contributed by atoms with Crippen molar-refractivity contribution in [2.45, 2.75) is 18.6 Å². The lowest BCUT2D eigenvalue weighted by Crippen LogP contribution is -2.45. The molecule has 0 aromatic heterocycles. The molecule has 3 unspecified atom stereocenters. The van der Waals surface area contributed by atoms with Crippen molar-refractivity contribution in [3.05, 3.63) is 12.2 Å². The molecule has 1 heterocycles. The van der Waals surface area contributed by atoms with Gasteiger partial charge in [0.15, 0.2) is 0 Å². The lowest BCUT2D eigenvalue weighted by Gasteiger charge is -2.37. The molecule has 2 aliphatic rings. The molecule has 12 heavy (non-hydrogen) atoms. The van der Waals surface area contributed by atoms with E-state index in [0.717, 1.165) is 6.42 Å². The average molecular weight is 170 g/mol. The lowest BCUT2D eigenvalue weighted by molar-refractivity contribution is -0.159. The van der Waals surface area contributed by atoms with E-state index in [1.807, 2.05) is 6.08 Å². The number of hydrogen-bond donors (Lipinski definition) is 1. The van der Waals surface area contributed by atoms with E-state index in [9.17, 15) is 0 Å². The molecule has 1 aliphatic carbocycles. The van der Waals surface area contributed by atoms with Crippen LogP contribution in [0.15, 0.2) is 12.2 Å². The number of hydrogen-bond acceptors (Lipinski definition) is 3. The second-order valence-electron chi connectivity index (χ2n) is 3.25. The maximum absolute atomic E-state index is 9.04. The van der Waals surface area contributed by atoms with Crippen LogP contribution in [0.4, 0.5) is 0 Å². The Bertz CT molecular complexity index is 179. The van der Waals surface area contributed by atoms with E-state index in [1.165, 1.54) is 0 Å². The van der Waals surface area contributed by atoms with Gasteiger partial charge in [0.25, 0.3) is 0 Å². The van der Waals surface area contributed by atoms with Crippen LogP contribution in [0.3, 0.4) is 0 Å². The Morgan fingerprint density at radius 3 is 3.00 bits per heavy atom. The zero-order valence-corrected chi connectivity index (χ0v) is 6.98. The van der Waals surface area contributed by atoms with Gasteiger partial charge in [-0.2, -0.15) is 0 Å². The van der Waals surface area contributed by atoms with Crippen molar-refractivity contribution in [2.75, 3.05) is 19.8 Å². The Hall–Kier alpha value is -0.380. The first-order chi connectivity index (χ1) is 5.92. The summed E-state index contributed by atoms with van der Waals surface area (Å²) in [4.78, 5) is 0. The molecule has 0 aromatic carbocycles. The number of fused-ring (bicyclic) bond motifs is 1. The summed E-state index contributed by atoms with van der Waals surface area (Å²) in [6.07, 6.45) is 5.25. The van der Waals surface area contributed by atoms with Gasteiger partial charge in [0.05, 0.1) is 32.0 Å². The van der Waals surface area contributed by atoms with Gasteiger partial charge in [0, 0.05) is 5.92 Å². The van der Waals surface area contributed by atoms with Gasteiger partial charge in [-0.3, -0.25) is 0 Å². The monoisotopic (exact) mass is 170 g/mol. The van der Waals surface area contributed by atoms with Crippen LogP contribution in [0.1, 0.15) is 6.42 Å². The second-order valence-corrected chi connectivity index (χ2v) is 3.25. The molecule has 1 N–H and O–H groups in total. The van der Waals surface area contributed by atoms with Gasteiger partial charge < -0.3 is 14.6 Å². The third-order valence-corrected chi connectivity index (χ3v) is 2.48. The third kappa shape index (κ3) is 1.40. The van der Waals surface area contributed by atoms with Gasteiger partial charge in [0.2, 0.25) is 0 Å². The first-order valence-electron chi connectivity index (χ1n) is 4.42. The number of aliphatic hydroxyl groups excluding tert-OH is 1. The highest BCUT2D eigenvalue weighted by molar-refractivity contribution is 5.03. The summed E-state index contributed by atoms with van der Waals surface area (Å²) in [6.45, 7) is 1.50. The summed E-state index contributed by atoms with van der Waals surface area (Å²) >= 11 is 0. The fourth-order valence-corrected chi connectivity index (χ4v) is 1.85. The fourth-order valence-electron chi connectivity index (χ4n) is 1.85. The lowest BCUT2D eigenvalue weighted by atomic mass is 9.90. The summed E-state index contributed by atoms with van der Waals surface area (Å²) in [5, 5.41) is 9.04. The molecule has 0 radical (unpaired) electrons. The molecule has 0 aromatic rings. The maximum atomic E-state index is 9.04. The Morgan fingerprint density at radius 2 is 2.17 bits per heavy atom. The van der Waals surface area contributed by atoms with Crippen LogP contribution < -0.4 is 0 Å². The predicted octanol–water partition coefficient (Wildman–Crippen LogP) is 0.339. The van der Waals surface area contributed by atoms with Crippen LogP contribution in [-0.4, -0.2) is 37.1 Å². The maximum Gasteiger partial charge on any atom is 0.0925 e. The van der Waals surface area contributed by atoms with E-state index in [1.54, 1.807) is 0 Å². The van der Waals surface area contributed by atoms with Crippen LogP contribution >= 0.6 is 0 Å². The topological polar surface area (TPSA) is 38.7 Å². The highest BCUT2D eigenvalue weighted by atomic mass is 16.6. The molecule has 1 saturated heterocycles. The van der Waals surface area contributed by atoms with Crippen molar-refractivity contribution in [1.82, 2.24) is 0 Å². The third-order valence-electron chi connectivity index (χ3n) is 2.48. The quantitative estimate of drug-likeness (QED) is 0.577. The molecule has 1 aliphatic heterocycles. The summed E-state index contributed by atoms with van der Waals surface area (Å²) in [5.41, 5.74) is 0. The van der Waals surface area contributed by atoms with E-state index in [4.69, 9.17) is 14.6 Å². The zero-order valence-electron chi connectivity index (χ0n) is 6.98. The minimum atomic E-state index is 0.0775. The van der Waals surface area contributed by atoms with Gasteiger partial charge >= 0.3 is 0 Å². The molecule has 3 heteroatoms. The normalized spacial score (nSPS) is 40.9. The smallest absolute Gasteiger partial charge is 0.0925 e. The van der Waals surface area contributed by atoms with Crippen molar-refractivity contribution in [2.24, 2.45) is 5.92 Å². The molecule has 0 spiro atoms. The predicted molar refractivity (Wildman–Crippen MR) is 43.8 cm³/mol. The Kier molecular flexibility index (Phi) is 2.44. The molecule has 0 bridgehead atoms. The molecular weight excluding hydrogens is 156 g/mol. The molecule has 3 atom stereocenters. The zero-order chi connectivity index (χ0) is 8.39. The minimum Gasteiger partial charge on any atom is -0.396 e. The first-order valence-corrected chi connectivity index (χ1v) is 4.42. The van der Waals surface area contributed by atoms with Crippen LogP contribution in [-0.2, 0) is 9.47 Å². The molecule has 3 nitrogen and oxygen atoms in total. The molecule has 1 fully saturated rings. The number of ether oxygens (including phenoxy) is 2. The van der Waals surface area contributed by atoms with Crippen molar-refractivity contribution < 1.29 is 14.6 Å². The summed E-state index contributed by atoms with van der Waals surface area (Å²) < 4.78 is 11.1. The number of aliphatic hydroxyl groups is 1. The SMILES string of the molecule is OCC1C=CCC2OCCOC12. The highest BCUT2D eigenvalue weighted by Crippen LogP contribution is 2.26.